The van der Waals surface area contributed by atoms with E-state index in [0.717, 1.165) is 29.8 Å². The Labute approximate surface area is 139 Å². The molecule has 0 bridgehead atoms. The molecule has 22 heavy (non-hydrogen) atoms. The first-order chi connectivity index (χ1) is 10.5. The topological polar surface area (TPSA) is 67.3 Å². The monoisotopic (exact) mass is 370 g/mol. The second kappa shape index (κ2) is 8.43. The van der Waals surface area contributed by atoms with Crippen molar-refractivity contribution < 1.29 is 9.53 Å². The van der Waals surface area contributed by atoms with Gasteiger partial charge in [0, 0.05) is 26.6 Å². The normalized spacial score (nSPS) is 21.4. The zero-order chi connectivity index (χ0) is 15.9. The van der Waals surface area contributed by atoms with Gasteiger partial charge in [-0.05, 0) is 47.5 Å². The molecule has 122 valence electrons. The highest BCUT2D eigenvalue weighted by Crippen LogP contribution is 2.26. The molecule has 1 heterocycles. The number of hydrogen-bond donors (Lipinski definition) is 1. The Morgan fingerprint density at radius 3 is 2.68 bits per heavy atom. The maximum absolute atomic E-state index is 10.7. The Kier molecular flexibility index (Phi) is 6.57. The number of carbonyl (C=O) groups is 1. The maximum Gasteiger partial charge on any atom is 0.303 e. The summed E-state index contributed by atoms with van der Waals surface area (Å²) in [6.45, 7) is 2.74. The molecule has 0 saturated heterocycles. The number of rotatable bonds is 6. The van der Waals surface area contributed by atoms with Crippen LogP contribution in [-0.4, -0.2) is 42.3 Å². The van der Waals surface area contributed by atoms with Crippen molar-refractivity contribution in [3.63, 3.8) is 0 Å². The van der Waals surface area contributed by atoms with Crippen LogP contribution in [0.15, 0.2) is 17.0 Å². The van der Waals surface area contributed by atoms with E-state index in [2.05, 4.69) is 43.2 Å². The van der Waals surface area contributed by atoms with Gasteiger partial charge in [0.25, 0.3) is 0 Å². The van der Waals surface area contributed by atoms with Gasteiger partial charge in [-0.15, -0.1) is 0 Å². The van der Waals surface area contributed by atoms with Crippen molar-refractivity contribution in [2.45, 2.75) is 38.6 Å². The Balaban J connectivity index is 1.70. The van der Waals surface area contributed by atoms with Gasteiger partial charge in [-0.3, -0.25) is 10.1 Å². The van der Waals surface area contributed by atoms with Gasteiger partial charge in [0.2, 0.25) is 0 Å². The number of hydrogen-bond acceptors (Lipinski definition) is 6. The SMILES string of the molecule is CC(=O)OCNC1CCC(CN(C)c2cnc(Br)cn2)CC1. The second-order valence-corrected chi connectivity index (χ2v) is 6.59. The molecule has 0 unspecified atom stereocenters. The molecule has 0 aromatic carbocycles. The first-order valence-corrected chi connectivity index (χ1v) is 8.39. The average Bonchev–Trinajstić information content (AvgIpc) is 2.49. The minimum absolute atomic E-state index is 0.238. The molecule has 1 saturated carbocycles. The third-order valence-corrected chi connectivity index (χ3v) is 4.43. The molecule has 1 aliphatic rings. The number of carbonyl (C=O) groups excluding carboxylic acids is 1. The summed E-state index contributed by atoms with van der Waals surface area (Å²) >= 11 is 3.30. The van der Waals surface area contributed by atoms with Crippen molar-refractivity contribution in [1.82, 2.24) is 15.3 Å². The lowest BCUT2D eigenvalue weighted by Crippen LogP contribution is -2.37. The summed E-state index contributed by atoms with van der Waals surface area (Å²) in [5.41, 5.74) is 0. The number of halogens is 1. The van der Waals surface area contributed by atoms with E-state index >= 15 is 0 Å². The number of esters is 1. The van der Waals surface area contributed by atoms with Crippen LogP contribution in [0.4, 0.5) is 5.82 Å². The molecule has 0 atom stereocenters. The first-order valence-electron chi connectivity index (χ1n) is 7.60. The summed E-state index contributed by atoms with van der Waals surface area (Å²) in [6.07, 6.45) is 8.09. The second-order valence-electron chi connectivity index (χ2n) is 5.78. The highest BCUT2D eigenvalue weighted by molar-refractivity contribution is 9.10. The summed E-state index contributed by atoms with van der Waals surface area (Å²) in [7, 11) is 2.06. The predicted octanol–water partition coefficient (Wildman–Crippen LogP) is 2.34. The van der Waals surface area contributed by atoms with Crippen LogP contribution >= 0.6 is 15.9 Å². The fourth-order valence-electron chi connectivity index (χ4n) is 2.79. The van der Waals surface area contributed by atoms with E-state index in [9.17, 15) is 4.79 Å². The summed E-state index contributed by atoms with van der Waals surface area (Å²) in [5.74, 6) is 1.33. The maximum atomic E-state index is 10.7. The fourth-order valence-corrected chi connectivity index (χ4v) is 3.00. The van der Waals surface area contributed by atoms with E-state index in [1.165, 1.54) is 19.8 Å². The predicted molar refractivity (Wildman–Crippen MR) is 88.5 cm³/mol. The summed E-state index contributed by atoms with van der Waals surface area (Å²) < 4.78 is 5.68. The van der Waals surface area contributed by atoms with Crippen LogP contribution in [0, 0.1) is 5.92 Å². The Hall–Kier alpha value is -1.21. The number of anilines is 1. The van der Waals surface area contributed by atoms with Crippen molar-refractivity contribution in [1.29, 1.82) is 0 Å². The Bertz CT molecular complexity index is 475. The molecular weight excluding hydrogens is 348 g/mol. The van der Waals surface area contributed by atoms with Crippen LogP contribution in [0.5, 0.6) is 0 Å². The lowest BCUT2D eigenvalue weighted by Gasteiger charge is -2.31. The van der Waals surface area contributed by atoms with Crippen LogP contribution in [-0.2, 0) is 9.53 Å². The zero-order valence-electron chi connectivity index (χ0n) is 13.1. The lowest BCUT2D eigenvalue weighted by molar-refractivity contribution is -0.142. The molecule has 0 radical (unpaired) electrons. The Morgan fingerprint density at radius 1 is 1.36 bits per heavy atom. The molecule has 1 aromatic heterocycles. The fraction of sp³-hybridized carbons (Fsp3) is 0.667. The van der Waals surface area contributed by atoms with Crippen molar-refractivity contribution >= 4 is 27.7 Å². The third-order valence-electron chi connectivity index (χ3n) is 4.02. The van der Waals surface area contributed by atoms with E-state index in [0.29, 0.717) is 18.7 Å². The molecule has 0 spiro atoms. The van der Waals surface area contributed by atoms with Gasteiger partial charge >= 0.3 is 5.97 Å². The largest absolute Gasteiger partial charge is 0.450 e. The summed E-state index contributed by atoms with van der Waals surface area (Å²) in [6, 6.07) is 0.452. The van der Waals surface area contributed by atoms with Gasteiger partial charge in [0.05, 0.1) is 12.4 Å². The summed E-state index contributed by atoms with van der Waals surface area (Å²) in [4.78, 5) is 21.5. The summed E-state index contributed by atoms with van der Waals surface area (Å²) in [5, 5.41) is 3.28. The molecule has 6 nitrogen and oxygen atoms in total. The van der Waals surface area contributed by atoms with E-state index in [1.54, 1.807) is 12.4 Å². The number of ether oxygens (including phenoxy) is 1. The molecule has 7 heteroatoms. The molecule has 1 aromatic rings. The molecule has 1 aliphatic carbocycles. The molecule has 1 fully saturated rings. The molecule has 0 amide bonds. The number of nitrogens with one attached hydrogen (secondary N) is 1. The van der Waals surface area contributed by atoms with Gasteiger partial charge in [0.15, 0.2) is 0 Å². The molecule has 2 rings (SSSR count). The van der Waals surface area contributed by atoms with Crippen LogP contribution in [0.2, 0.25) is 0 Å². The first kappa shape index (κ1) is 17.1. The van der Waals surface area contributed by atoms with Gasteiger partial charge in [-0.25, -0.2) is 9.97 Å². The van der Waals surface area contributed by atoms with Crippen LogP contribution in [0.3, 0.4) is 0 Å². The van der Waals surface area contributed by atoms with Crippen molar-refractivity contribution in [3.8, 4) is 0 Å². The minimum Gasteiger partial charge on any atom is -0.450 e. The Morgan fingerprint density at radius 2 is 2.09 bits per heavy atom. The van der Waals surface area contributed by atoms with E-state index in [4.69, 9.17) is 4.74 Å². The average molecular weight is 371 g/mol. The third kappa shape index (κ3) is 5.53. The van der Waals surface area contributed by atoms with Gasteiger partial charge in [-0.1, -0.05) is 0 Å². The van der Waals surface area contributed by atoms with Crippen LogP contribution < -0.4 is 10.2 Å². The van der Waals surface area contributed by atoms with E-state index < -0.39 is 0 Å². The van der Waals surface area contributed by atoms with Crippen molar-refractivity contribution in [3.05, 3.63) is 17.0 Å². The van der Waals surface area contributed by atoms with Crippen LogP contribution in [0.25, 0.3) is 0 Å². The van der Waals surface area contributed by atoms with E-state index in [1.807, 2.05) is 0 Å². The minimum atomic E-state index is -0.238. The molecular formula is C15H23BrN4O2. The zero-order valence-corrected chi connectivity index (χ0v) is 14.7. The number of aromatic nitrogens is 2. The smallest absolute Gasteiger partial charge is 0.303 e. The van der Waals surface area contributed by atoms with Crippen LogP contribution in [0.1, 0.15) is 32.6 Å². The van der Waals surface area contributed by atoms with Gasteiger partial charge < -0.3 is 9.64 Å². The highest BCUT2D eigenvalue weighted by Gasteiger charge is 2.22. The van der Waals surface area contributed by atoms with Gasteiger partial charge in [0.1, 0.15) is 17.2 Å². The van der Waals surface area contributed by atoms with Crippen molar-refractivity contribution in [2.24, 2.45) is 5.92 Å². The molecule has 1 N–H and O–H groups in total. The molecule has 0 aliphatic heterocycles. The van der Waals surface area contributed by atoms with E-state index in [-0.39, 0.29) is 5.97 Å². The highest BCUT2D eigenvalue weighted by atomic mass is 79.9. The quantitative estimate of drug-likeness (QED) is 0.612. The lowest BCUT2D eigenvalue weighted by atomic mass is 9.86. The number of nitrogens with zero attached hydrogens (tertiary/aromatic N) is 3. The standard InChI is InChI=1S/C15H23BrN4O2/c1-11(21)22-10-19-13-5-3-12(4-6-13)9-20(2)15-8-17-14(16)7-18-15/h7-8,12-13,19H,3-6,9-10H2,1-2H3. The van der Waals surface area contributed by atoms with Crippen molar-refractivity contribution in [2.75, 3.05) is 25.2 Å². The van der Waals surface area contributed by atoms with Gasteiger partial charge in [-0.2, -0.15) is 0 Å².